The van der Waals surface area contributed by atoms with E-state index in [1.54, 1.807) is 29.4 Å². The molecule has 3 rings (SSSR count). The SMILES string of the molecule is CCN(Cc1cccs1)C(=O)CC1c2ccccc2C=CN1C(C)=O. The van der Waals surface area contributed by atoms with E-state index in [9.17, 15) is 9.59 Å². The molecule has 5 heteroatoms. The van der Waals surface area contributed by atoms with E-state index >= 15 is 0 Å². The molecule has 1 unspecified atom stereocenters. The zero-order valence-corrected chi connectivity index (χ0v) is 15.3. The average Bonchev–Trinajstić information content (AvgIpc) is 3.12. The van der Waals surface area contributed by atoms with Crippen molar-refractivity contribution in [3.8, 4) is 0 Å². The third-order valence-electron chi connectivity index (χ3n) is 4.50. The van der Waals surface area contributed by atoms with Crippen molar-refractivity contribution in [2.45, 2.75) is 32.9 Å². The van der Waals surface area contributed by atoms with Gasteiger partial charge in [-0.2, -0.15) is 0 Å². The molecular weight excluding hydrogens is 332 g/mol. The number of rotatable bonds is 5. The highest BCUT2D eigenvalue weighted by Gasteiger charge is 2.29. The van der Waals surface area contributed by atoms with E-state index in [0.717, 1.165) is 11.1 Å². The summed E-state index contributed by atoms with van der Waals surface area (Å²) < 4.78 is 0. The number of fused-ring (bicyclic) bond motifs is 1. The van der Waals surface area contributed by atoms with Crippen molar-refractivity contribution in [3.63, 3.8) is 0 Å². The highest BCUT2D eigenvalue weighted by molar-refractivity contribution is 7.09. The molecule has 1 aliphatic rings. The van der Waals surface area contributed by atoms with Crippen molar-refractivity contribution in [1.82, 2.24) is 9.80 Å². The Kier molecular flexibility index (Phi) is 5.34. The van der Waals surface area contributed by atoms with Gasteiger partial charge in [-0.15, -0.1) is 11.3 Å². The first kappa shape index (κ1) is 17.4. The highest BCUT2D eigenvalue weighted by atomic mass is 32.1. The number of carbonyl (C=O) groups excluding carboxylic acids is 2. The molecule has 0 fully saturated rings. The van der Waals surface area contributed by atoms with Gasteiger partial charge in [0, 0.05) is 24.5 Å². The maximum absolute atomic E-state index is 12.9. The predicted octanol–water partition coefficient (Wildman–Crippen LogP) is 4.06. The fourth-order valence-electron chi connectivity index (χ4n) is 3.17. The van der Waals surface area contributed by atoms with Crippen LogP contribution in [0.4, 0.5) is 0 Å². The monoisotopic (exact) mass is 354 g/mol. The molecule has 0 saturated carbocycles. The van der Waals surface area contributed by atoms with Gasteiger partial charge in [0.2, 0.25) is 11.8 Å². The van der Waals surface area contributed by atoms with Gasteiger partial charge in [0.05, 0.1) is 19.0 Å². The van der Waals surface area contributed by atoms with Crippen molar-refractivity contribution in [2.24, 2.45) is 0 Å². The first-order valence-corrected chi connectivity index (χ1v) is 9.34. The molecule has 2 amide bonds. The lowest BCUT2D eigenvalue weighted by molar-refractivity contribution is -0.134. The van der Waals surface area contributed by atoms with E-state index in [1.807, 2.05) is 59.7 Å². The van der Waals surface area contributed by atoms with E-state index in [1.165, 1.54) is 4.88 Å². The number of hydrogen-bond acceptors (Lipinski definition) is 3. The standard InChI is InChI=1S/C20H22N2O2S/c1-3-21(14-17-8-6-12-25-17)20(24)13-19-18-9-5-4-7-16(18)10-11-22(19)15(2)23/h4-12,19H,3,13-14H2,1-2H3. The number of benzene rings is 1. The summed E-state index contributed by atoms with van der Waals surface area (Å²) in [5.41, 5.74) is 2.10. The normalized spacial score (nSPS) is 15.8. The molecule has 1 atom stereocenters. The second-order valence-electron chi connectivity index (χ2n) is 6.08. The highest BCUT2D eigenvalue weighted by Crippen LogP contribution is 2.33. The summed E-state index contributed by atoms with van der Waals surface area (Å²) >= 11 is 1.65. The van der Waals surface area contributed by atoms with Crippen LogP contribution in [0.15, 0.2) is 48.0 Å². The van der Waals surface area contributed by atoms with Crippen LogP contribution in [0.2, 0.25) is 0 Å². The third-order valence-corrected chi connectivity index (χ3v) is 5.36. The number of amides is 2. The summed E-state index contributed by atoms with van der Waals surface area (Å²) in [6.07, 6.45) is 4.01. The Morgan fingerprint density at radius 1 is 1.20 bits per heavy atom. The van der Waals surface area contributed by atoms with E-state index in [4.69, 9.17) is 0 Å². The Labute approximate surface area is 152 Å². The van der Waals surface area contributed by atoms with Gasteiger partial charge in [0.1, 0.15) is 0 Å². The topological polar surface area (TPSA) is 40.6 Å². The lowest BCUT2D eigenvalue weighted by Crippen LogP contribution is -2.37. The Morgan fingerprint density at radius 2 is 2.00 bits per heavy atom. The Hall–Kier alpha value is -2.40. The van der Waals surface area contributed by atoms with Crippen LogP contribution in [0, 0.1) is 0 Å². The van der Waals surface area contributed by atoms with Crippen LogP contribution in [0.3, 0.4) is 0 Å². The van der Waals surface area contributed by atoms with Crippen LogP contribution in [-0.4, -0.2) is 28.2 Å². The number of nitrogens with zero attached hydrogens (tertiary/aromatic N) is 2. The fourth-order valence-corrected chi connectivity index (χ4v) is 3.89. The minimum atomic E-state index is -0.247. The van der Waals surface area contributed by atoms with Crippen molar-refractivity contribution < 1.29 is 9.59 Å². The smallest absolute Gasteiger partial charge is 0.225 e. The van der Waals surface area contributed by atoms with Gasteiger partial charge >= 0.3 is 0 Å². The third kappa shape index (κ3) is 3.82. The Bertz CT molecular complexity index is 783. The molecule has 0 radical (unpaired) electrons. The molecule has 0 N–H and O–H groups in total. The summed E-state index contributed by atoms with van der Waals surface area (Å²) in [7, 11) is 0. The molecule has 1 aromatic heterocycles. The molecule has 4 nitrogen and oxygen atoms in total. The summed E-state index contributed by atoms with van der Waals surface area (Å²) in [5.74, 6) is 0.0158. The molecule has 0 aliphatic carbocycles. The van der Waals surface area contributed by atoms with Gasteiger partial charge in [-0.1, -0.05) is 30.3 Å². The van der Waals surface area contributed by atoms with Crippen molar-refractivity contribution in [2.75, 3.05) is 6.54 Å². The van der Waals surface area contributed by atoms with E-state index in [0.29, 0.717) is 19.5 Å². The summed E-state index contributed by atoms with van der Waals surface area (Å²) in [6.45, 7) is 4.81. The second kappa shape index (κ2) is 7.66. The van der Waals surface area contributed by atoms with Gasteiger partial charge in [-0.05, 0) is 35.6 Å². The molecule has 1 aromatic carbocycles. The molecular formula is C20H22N2O2S. The van der Waals surface area contributed by atoms with Crippen LogP contribution in [-0.2, 0) is 16.1 Å². The first-order chi connectivity index (χ1) is 12.1. The van der Waals surface area contributed by atoms with Crippen LogP contribution < -0.4 is 0 Å². The van der Waals surface area contributed by atoms with Gasteiger partial charge in [0.25, 0.3) is 0 Å². The number of carbonyl (C=O) groups is 2. The quantitative estimate of drug-likeness (QED) is 0.812. The molecule has 0 saturated heterocycles. The Balaban J connectivity index is 1.81. The van der Waals surface area contributed by atoms with Crippen LogP contribution in [0.25, 0.3) is 6.08 Å². The van der Waals surface area contributed by atoms with Crippen molar-refractivity contribution in [1.29, 1.82) is 0 Å². The predicted molar refractivity (Wildman–Crippen MR) is 101 cm³/mol. The molecule has 1 aliphatic heterocycles. The lowest BCUT2D eigenvalue weighted by Gasteiger charge is -2.33. The maximum Gasteiger partial charge on any atom is 0.225 e. The molecule has 0 spiro atoms. The van der Waals surface area contributed by atoms with E-state index < -0.39 is 0 Å². The van der Waals surface area contributed by atoms with E-state index in [2.05, 4.69) is 0 Å². The van der Waals surface area contributed by atoms with Crippen molar-refractivity contribution in [3.05, 3.63) is 64.0 Å². The van der Waals surface area contributed by atoms with Gasteiger partial charge in [0.15, 0.2) is 0 Å². The van der Waals surface area contributed by atoms with Crippen LogP contribution >= 0.6 is 11.3 Å². The first-order valence-electron chi connectivity index (χ1n) is 8.46. The van der Waals surface area contributed by atoms with Crippen LogP contribution in [0.5, 0.6) is 0 Å². The maximum atomic E-state index is 12.9. The molecule has 25 heavy (non-hydrogen) atoms. The lowest BCUT2D eigenvalue weighted by atomic mass is 9.93. The summed E-state index contributed by atoms with van der Waals surface area (Å²) in [5, 5.41) is 2.02. The van der Waals surface area contributed by atoms with Gasteiger partial charge in [-0.3, -0.25) is 9.59 Å². The van der Waals surface area contributed by atoms with Crippen LogP contribution in [0.1, 0.15) is 42.3 Å². The molecule has 130 valence electrons. The summed E-state index contributed by atoms with van der Waals surface area (Å²) in [6, 6.07) is 11.7. The van der Waals surface area contributed by atoms with E-state index in [-0.39, 0.29) is 17.9 Å². The zero-order valence-electron chi connectivity index (χ0n) is 14.5. The molecule has 0 bridgehead atoms. The molecule has 2 aromatic rings. The second-order valence-corrected chi connectivity index (χ2v) is 7.11. The minimum absolute atomic E-state index is 0.0511. The number of thiophene rings is 1. The van der Waals surface area contributed by atoms with Crippen molar-refractivity contribution >= 4 is 29.2 Å². The fraction of sp³-hybridized carbons (Fsp3) is 0.300. The zero-order chi connectivity index (χ0) is 17.8. The largest absolute Gasteiger partial charge is 0.338 e. The Morgan fingerprint density at radius 3 is 2.68 bits per heavy atom. The molecule has 2 heterocycles. The summed E-state index contributed by atoms with van der Waals surface area (Å²) in [4.78, 5) is 29.7. The number of hydrogen-bond donors (Lipinski definition) is 0. The van der Waals surface area contributed by atoms with Gasteiger partial charge < -0.3 is 9.80 Å². The average molecular weight is 354 g/mol. The van der Waals surface area contributed by atoms with Gasteiger partial charge in [-0.25, -0.2) is 0 Å². The minimum Gasteiger partial charge on any atom is -0.338 e.